The second-order valence-corrected chi connectivity index (χ2v) is 7.04. The van der Waals surface area contributed by atoms with Gasteiger partial charge in [-0.3, -0.25) is 4.68 Å². The highest BCUT2D eigenvalue weighted by molar-refractivity contribution is 6.03. The van der Waals surface area contributed by atoms with E-state index in [1.165, 1.54) is 6.07 Å². The maximum Gasteiger partial charge on any atom is 0.323 e. The summed E-state index contributed by atoms with van der Waals surface area (Å²) in [5, 5.41) is 10.6. The summed E-state index contributed by atoms with van der Waals surface area (Å²) >= 11 is 0. The Kier molecular flexibility index (Phi) is 5.10. The van der Waals surface area contributed by atoms with Gasteiger partial charge in [0.25, 0.3) is 0 Å². The Balaban J connectivity index is 1.55. The smallest absolute Gasteiger partial charge is 0.323 e. The number of carbonyl (C=O) groups excluding carboxylic acids is 1. The molecule has 0 aliphatic rings. The van der Waals surface area contributed by atoms with Gasteiger partial charge >= 0.3 is 6.03 Å². The van der Waals surface area contributed by atoms with Gasteiger partial charge in [-0.25, -0.2) is 9.18 Å². The standard InChI is InChI=1S/C23H22FN5O/c1-3-29-20-6-4-5-17(21(20)22(25)28-29)15-8-10-16(11-9-15)26-23(30)27-19-13-14(2)7-12-18(19)24/h4-13H,3H2,1-2H3,(H2,25,28)(H2,26,27,30). The van der Waals surface area contributed by atoms with Crippen LogP contribution in [0, 0.1) is 12.7 Å². The van der Waals surface area contributed by atoms with Crippen molar-refractivity contribution < 1.29 is 9.18 Å². The monoisotopic (exact) mass is 403 g/mol. The lowest BCUT2D eigenvalue weighted by atomic mass is 10.0. The van der Waals surface area contributed by atoms with E-state index in [0.29, 0.717) is 11.5 Å². The van der Waals surface area contributed by atoms with Gasteiger partial charge < -0.3 is 16.4 Å². The molecule has 0 radical (unpaired) electrons. The Labute approximate surface area is 173 Å². The number of amides is 2. The molecule has 0 fully saturated rings. The molecule has 2 amide bonds. The third kappa shape index (κ3) is 3.69. The molecule has 30 heavy (non-hydrogen) atoms. The second kappa shape index (κ2) is 7.87. The van der Waals surface area contributed by atoms with Crippen molar-refractivity contribution in [2.75, 3.05) is 16.4 Å². The molecule has 1 heterocycles. The van der Waals surface area contributed by atoms with Crippen LogP contribution in [0.5, 0.6) is 0 Å². The summed E-state index contributed by atoms with van der Waals surface area (Å²) in [4.78, 5) is 12.2. The first kappa shape index (κ1) is 19.4. The fourth-order valence-electron chi connectivity index (χ4n) is 3.49. The molecule has 4 aromatic rings. The summed E-state index contributed by atoms with van der Waals surface area (Å²) in [6.45, 7) is 4.59. The molecule has 152 valence electrons. The van der Waals surface area contributed by atoms with Crippen LogP contribution in [-0.4, -0.2) is 15.8 Å². The van der Waals surface area contributed by atoms with Crippen molar-refractivity contribution in [1.29, 1.82) is 0 Å². The fraction of sp³-hybridized carbons (Fsp3) is 0.130. The Morgan fingerprint density at radius 3 is 2.60 bits per heavy atom. The first-order chi connectivity index (χ1) is 14.5. The number of rotatable bonds is 4. The van der Waals surface area contributed by atoms with Crippen molar-refractivity contribution in [1.82, 2.24) is 9.78 Å². The maximum atomic E-state index is 13.8. The van der Waals surface area contributed by atoms with Gasteiger partial charge in [0.1, 0.15) is 5.82 Å². The highest BCUT2D eigenvalue weighted by Crippen LogP contribution is 2.33. The van der Waals surface area contributed by atoms with Gasteiger partial charge in [-0.05, 0) is 60.9 Å². The van der Waals surface area contributed by atoms with Crippen LogP contribution >= 0.6 is 0 Å². The van der Waals surface area contributed by atoms with Gasteiger partial charge in [0.2, 0.25) is 0 Å². The lowest BCUT2D eigenvalue weighted by Gasteiger charge is -2.10. The number of nitrogen functional groups attached to an aromatic ring is 1. The highest BCUT2D eigenvalue weighted by Gasteiger charge is 2.13. The Hall–Kier alpha value is -3.87. The van der Waals surface area contributed by atoms with Crippen molar-refractivity contribution in [2.24, 2.45) is 0 Å². The molecular formula is C23H22FN5O. The van der Waals surface area contributed by atoms with Crippen molar-refractivity contribution in [3.63, 3.8) is 0 Å². The predicted molar refractivity (Wildman–Crippen MR) is 119 cm³/mol. The molecule has 0 saturated carbocycles. The molecule has 1 aromatic heterocycles. The summed E-state index contributed by atoms with van der Waals surface area (Å²) in [5.74, 6) is 0.00798. The van der Waals surface area contributed by atoms with E-state index in [0.717, 1.165) is 34.1 Å². The van der Waals surface area contributed by atoms with Crippen LogP contribution in [-0.2, 0) is 6.54 Å². The van der Waals surface area contributed by atoms with Crippen LogP contribution in [0.15, 0.2) is 60.7 Å². The molecule has 0 spiro atoms. The first-order valence-corrected chi connectivity index (χ1v) is 9.66. The summed E-state index contributed by atoms with van der Waals surface area (Å²) < 4.78 is 15.7. The van der Waals surface area contributed by atoms with E-state index in [4.69, 9.17) is 5.73 Å². The van der Waals surface area contributed by atoms with Crippen molar-refractivity contribution in [3.05, 3.63) is 72.0 Å². The molecule has 3 aromatic carbocycles. The average molecular weight is 403 g/mol. The van der Waals surface area contributed by atoms with Gasteiger partial charge in [-0.2, -0.15) is 5.10 Å². The molecule has 0 unspecified atom stereocenters. The quantitative estimate of drug-likeness (QED) is 0.427. The largest absolute Gasteiger partial charge is 0.382 e. The van der Waals surface area contributed by atoms with Gasteiger partial charge in [0, 0.05) is 12.2 Å². The molecule has 0 atom stereocenters. The van der Waals surface area contributed by atoms with E-state index in [-0.39, 0.29) is 5.69 Å². The number of benzene rings is 3. The number of anilines is 3. The van der Waals surface area contributed by atoms with Crippen molar-refractivity contribution in [2.45, 2.75) is 20.4 Å². The highest BCUT2D eigenvalue weighted by atomic mass is 19.1. The summed E-state index contributed by atoms with van der Waals surface area (Å²) in [6, 6.07) is 17.4. The molecule has 4 rings (SSSR count). The van der Waals surface area contributed by atoms with E-state index in [1.807, 2.05) is 48.9 Å². The van der Waals surface area contributed by atoms with Gasteiger partial charge in [-0.1, -0.05) is 30.3 Å². The van der Waals surface area contributed by atoms with E-state index in [9.17, 15) is 9.18 Å². The topological polar surface area (TPSA) is 85.0 Å². The number of nitrogens with two attached hydrogens (primary N) is 1. The third-order valence-electron chi connectivity index (χ3n) is 4.93. The number of aromatic nitrogens is 2. The number of hydrogen-bond acceptors (Lipinski definition) is 3. The van der Waals surface area contributed by atoms with E-state index in [2.05, 4.69) is 15.7 Å². The number of urea groups is 1. The lowest BCUT2D eigenvalue weighted by molar-refractivity contribution is 0.262. The summed E-state index contributed by atoms with van der Waals surface area (Å²) in [6.07, 6.45) is 0. The van der Waals surface area contributed by atoms with Crippen molar-refractivity contribution in [3.8, 4) is 11.1 Å². The maximum absolute atomic E-state index is 13.8. The minimum Gasteiger partial charge on any atom is -0.382 e. The van der Waals surface area contributed by atoms with Crippen LogP contribution in [0.3, 0.4) is 0 Å². The van der Waals surface area contributed by atoms with Crippen LogP contribution in [0.25, 0.3) is 22.0 Å². The third-order valence-corrected chi connectivity index (χ3v) is 4.93. The zero-order valence-corrected chi connectivity index (χ0v) is 16.7. The van der Waals surface area contributed by atoms with Crippen molar-refractivity contribution >= 4 is 34.1 Å². The van der Waals surface area contributed by atoms with E-state index >= 15 is 0 Å². The molecule has 7 heteroatoms. The van der Waals surface area contributed by atoms with Gasteiger partial charge in [0.15, 0.2) is 5.82 Å². The molecule has 4 N–H and O–H groups in total. The molecular weight excluding hydrogens is 381 g/mol. The molecule has 0 aliphatic carbocycles. The zero-order chi connectivity index (χ0) is 21.3. The Morgan fingerprint density at radius 2 is 1.87 bits per heavy atom. The Morgan fingerprint density at radius 1 is 1.10 bits per heavy atom. The lowest BCUT2D eigenvalue weighted by Crippen LogP contribution is -2.20. The molecule has 0 saturated heterocycles. The number of hydrogen-bond donors (Lipinski definition) is 3. The number of carbonyl (C=O) groups is 1. The zero-order valence-electron chi connectivity index (χ0n) is 16.7. The molecule has 0 bridgehead atoms. The van der Waals surface area contributed by atoms with Crippen LogP contribution < -0.4 is 16.4 Å². The number of nitrogens with one attached hydrogen (secondary N) is 2. The van der Waals surface area contributed by atoms with Crippen LogP contribution in [0.1, 0.15) is 12.5 Å². The number of fused-ring (bicyclic) bond motifs is 1. The molecule has 6 nitrogen and oxygen atoms in total. The van der Waals surface area contributed by atoms with E-state index < -0.39 is 11.8 Å². The summed E-state index contributed by atoms with van der Waals surface area (Å²) in [7, 11) is 0. The van der Waals surface area contributed by atoms with Crippen LogP contribution in [0.4, 0.5) is 26.4 Å². The molecule has 0 aliphatic heterocycles. The minimum atomic E-state index is -0.511. The van der Waals surface area contributed by atoms with Gasteiger partial charge in [-0.15, -0.1) is 0 Å². The number of nitrogens with zero attached hydrogens (tertiary/aromatic N) is 2. The fourth-order valence-corrected chi connectivity index (χ4v) is 3.49. The predicted octanol–water partition coefficient (Wildman–Crippen LogP) is 5.40. The normalized spacial score (nSPS) is 10.9. The average Bonchev–Trinajstić information content (AvgIpc) is 3.07. The number of halogens is 1. The SMILES string of the molecule is CCn1nc(N)c2c(-c3ccc(NC(=O)Nc4cc(C)ccc4F)cc3)cccc21. The second-order valence-electron chi connectivity index (χ2n) is 7.04. The minimum absolute atomic E-state index is 0.138. The van der Waals surface area contributed by atoms with E-state index in [1.54, 1.807) is 24.3 Å². The van der Waals surface area contributed by atoms with Gasteiger partial charge in [0.05, 0.1) is 16.6 Å². The Bertz CT molecular complexity index is 1230. The number of aryl methyl sites for hydroxylation is 2. The van der Waals surface area contributed by atoms with Crippen LogP contribution in [0.2, 0.25) is 0 Å². The first-order valence-electron chi connectivity index (χ1n) is 9.66. The summed E-state index contributed by atoms with van der Waals surface area (Å²) in [5.41, 5.74) is 10.7.